The maximum Gasteiger partial charge on any atom is 0.144 e. The molecule has 9 aromatic rings. The third-order valence-electron chi connectivity index (χ3n) is 13.8. The van der Waals surface area contributed by atoms with Gasteiger partial charge in [0.25, 0.3) is 0 Å². The van der Waals surface area contributed by atoms with Crippen molar-refractivity contribution in [3.05, 3.63) is 250 Å². The predicted octanol–water partition coefficient (Wildman–Crippen LogP) is 14.4. The average molecular weight is 903 g/mol. The SMILES string of the molecule is Cc1cc(C)c(-n2ccnc2-c2ccc(CCc3cc(CCc4ccc(-c5nccn5-c5c(C)cc(C)cc5C)cc4)cc(CCc4ccc(N5C=CN(c6ccccc6)C5)cc4)c3)cc2)c(C)c1. The Morgan fingerprint density at radius 3 is 1.12 bits per heavy atom. The molecule has 344 valence electrons. The molecule has 6 heteroatoms. The number of imidazole rings is 2. The number of hydrogen-bond acceptors (Lipinski definition) is 4. The van der Waals surface area contributed by atoms with Gasteiger partial charge in [-0.3, -0.25) is 9.13 Å². The number of hydrogen-bond donors (Lipinski definition) is 0. The third kappa shape index (κ3) is 10.1. The van der Waals surface area contributed by atoms with E-state index in [0.29, 0.717) is 0 Å². The van der Waals surface area contributed by atoms with E-state index in [1.807, 2.05) is 12.4 Å². The fourth-order valence-electron chi connectivity index (χ4n) is 10.5. The standard InChI is InChI=1S/C63H62N6/c1-44-36-46(3)60(47(4)37-44)68-32-30-64-62(68)56-24-18-50(19-25-56)12-15-53-40-54(16-13-51-20-26-57(27-21-51)63-65-31-33-69(63)61-48(5)38-45(2)39-49(61)6)42-55(41-53)17-14-52-22-28-59(29-23-52)67-35-34-66(43-67)58-10-8-7-9-11-58/h7-11,18-42H,12-17,43H2,1-6H3. The zero-order valence-corrected chi connectivity index (χ0v) is 41.0. The number of aryl methyl sites for hydroxylation is 12. The number of para-hydroxylation sites is 1. The fourth-order valence-corrected chi connectivity index (χ4v) is 10.5. The van der Waals surface area contributed by atoms with Gasteiger partial charge in [0.2, 0.25) is 0 Å². The van der Waals surface area contributed by atoms with E-state index < -0.39 is 0 Å². The highest BCUT2D eigenvalue weighted by atomic mass is 15.3. The number of benzene rings is 7. The first-order chi connectivity index (χ1) is 33.6. The van der Waals surface area contributed by atoms with Crippen molar-refractivity contribution in [1.82, 2.24) is 19.1 Å². The first kappa shape index (κ1) is 45.1. The second-order valence-electron chi connectivity index (χ2n) is 19.2. The topological polar surface area (TPSA) is 42.1 Å². The fraction of sp³-hybridized carbons (Fsp3) is 0.206. The maximum atomic E-state index is 4.82. The molecule has 0 spiro atoms. The molecule has 10 rings (SSSR count). The van der Waals surface area contributed by atoms with Crippen LogP contribution in [0.5, 0.6) is 0 Å². The highest BCUT2D eigenvalue weighted by Crippen LogP contribution is 2.30. The molecule has 0 fully saturated rings. The molecule has 6 nitrogen and oxygen atoms in total. The van der Waals surface area contributed by atoms with E-state index in [4.69, 9.17) is 9.97 Å². The van der Waals surface area contributed by atoms with Crippen molar-refractivity contribution in [2.45, 2.75) is 80.1 Å². The Morgan fingerprint density at radius 1 is 0.377 bits per heavy atom. The summed E-state index contributed by atoms with van der Waals surface area (Å²) in [6.45, 7) is 13.9. The van der Waals surface area contributed by atoms with Gasteiger partial charge in [-0.05, 0) is 160 Å². The van der Waals surface area contributed by atoms with Gasteiger partial charge in [-0.25, -0.2) is 9.97 Å². The summed E-state index contributed by atoms with van der Waals surface area (Å²) in [7, 11) is 0. The van der Waals surface area contributed by atoms with Crippen molar-refractivity contribution >= 4 is 11.4 Å². The van der Waals surface area contributed by atoms with Crippen LogP contribution in [0.15, 0.2) is 183 Å². The Hall–Kier alpha value is -7.70. The first-order valence-electron chi connectivity index (χ1n) is 24.5. The monoisotopic (exact) mass is 903 g/mol. The number of aromatic nitrogens is 4. The molecule has 0 radical (unpaired) electrons. The molecule has 1 aliphatic heterocycles. The first-order valence-corrected chi connectivity index (χ1v) is 24.5. The summed E-state index contributed by atoms with van der Waals surface area (Å²) in [4.78, 5) is 14.2. The lowest BCUT2D eigenvalue weighted by Crippen LogP contribution is -2.24. The van der Waals surface area contributed by atoms with Gasteiger partial charge in [0.15, 0.2) is 0 Å². The summed E-state index contributed by atoms with van der Waals surface area (Å²) in [5, 5.41) is 0. The van der Waals surface area contributed by atoms with Crippen molar-refractivity contribution in [2.24, 2.45) is 0 Å². The lowest BCUT2D eigenvalue weighted by molar-refractivity contribution is 0.902. The lowest BCUT2D eigenvalue weighted by atomic mass is 9.94. The van der Waals surface area contributed by atoms with Gasteiger partial charge in [-0.2, -0.15) is 0 Å². The van der Waals surface area contributed by atoms with Crippen molar-refractivity contribution in [1.29, 1.82) is 0 Å². The molecule has 0 amide bonds. The van der Waals surface area contributed by atoms with Crippen molar-refractivity contribution < 1.29 is 0 Å². The van der Waals surface area contributed by atoms with Crippen molar-refractivity contribution in [3.8, 4) is 34.2 Å². The van der Waals surface area contributed by atoms with E-state index in [1.165, 1.54) is 89.5 Å². The van der Waals surface area contributed by atoms with Crippen LogP contribution < -0.4 is 9.80 Å². The van der Waals surface area contributed by atoms with Gasteiger partial charge in [-0.1, -0.05) is 132 Å². The Balaban J connectivity index is 0.842. The molecule has 0 saturated carbocycles. The minimum Gasteiger partial charge on any atom is -0.328 e. The molecule has 69 heavy (non-hydrogen) atoms. The van der Waals surface area contributed by atoms with Crippen LogP contribution in [0.4, 0.5) is 11.4 Å². The second-order valence-corrected chi connectivity index (χ2v) is 19.2. The molecule has 3 heterocycles. The molecule has 2 aromatic heterocycles. The van der Waals surface area contributed by atoms with E-state index in [0.717, 1.165) is 68.0 Å². The summed E-state index contributed by atoms with van der Waals surface area (Å²) in [6, 6.07) is 54.2. The van der Waals surface area contributed by atoms with E-state index in [1.54, 1.807) is 0 Å². The van der Waals surface area contributed by atoms with Crippen molar-refractivity contribution in [2.75, 3.05) is 16.5 Å². The number of anilines is 2. The summed E-state index contributed by atoms with van der Waals surface area (Å²) >= 11 is 0. The van der Waals surface area contributed by atoms with Gasteiger partial charge in [0, 0.05) is 59.7 Å². The highest BCUT2D eigenvalue weighted by Gasteiger charge is 2.17. The molecule has 0 saturated heterocycles. The minimum atomic E-state index is 0.810. The van der Waals surface area contributed by atoms with Gasteiger partial charge in [0.05, 0.1) is 18.0 Å². The molecule has 0 aliphatic carbocycles. The summed E-state index contributed by atoms with van der Waals surface area (Å²) in [5.74, 6) is 1.94. The van der Waals surface area contributed by atoms with Crippen LogP contribution in [0.3, 0.4) is 0 Å². The molecule has 0 bridgehead atoms. The Kier molecular flexibility index (Phi) is 13.0. The average Bonchev–Trinajstić information content (AvgIpc) is 4.16. The van der Waals surface area contributed by atoms with E-state index in [2.05, 4.69) is 231 Å². The minimum absolute atomic E-state index is 0.810. The van der Waals surface area contributed by atoms with Crippen LogP contribution in [-0.4, -0.2) is 25.8 Å². The lowest BCUT2D eigenvalue weighted by Gasteiger charge is -2.21. The van der Waals surface area contributed by atoms with Crippen LogP contribution in [-0.2, 0) is 38.5 Å². The highest BCUT2D eigenvalue weighted by molar-refractivity contribution is 5.64. The van der Waals surface area contributed by atoms with E-state index in [-0.39, 0.29) is 0 Å². The molecule has 7 aromatic carbocycles. The number of nitrogens with zero attached hydrogens (tertiary/aromatic N) is 6. The smallest absolute Gasteiger partial charge is 0.144 e. The van der Waals surface area contributed by atoms with Gasteiger partial charge >= 0.3 is 0 Å². The third-order valence-corrected chi connectivity index (χ3v) is 13.8. The van der Waals surface area contributed by atoms with Crippen LogP contribution in [0.2, 0.25) is 0 Å². The largest absolute Gasteiger partial charge is 0.328 e. The van der Waals surface area contributed by atoms with Crippen LogP contribution >= 0.6 is 0 Å². The van der Waals surface area contributed by atoms with Crippen LogP contribution in [0, 0.1) is 41.5 Å². The van der Waals surface area contributed by atoms with Gasteiger partial charge in [-0.15, -0.1) is 0 Å². The van der Waals surface area contributed by atoms with Crippen molar-refractivity contribution in [3.63, 3.8) is 0 Å². The van der Waals surface area contributed by atoms with Crippen LogP contribution in [0.25, 0.3) is 34.2 Å². The number of rotatable bonds is 15. The van der Waals surface area contributed by atoms with E-state index in [9.17, 15) is 0 Å². The summed E-state index contributed by atoms with van der Waals surface area (Å²) < 4.78 is 4.48. The molecule has 0 atom stereocenters. The predicted molar refractivity (Wildman–Crippen MR) is 287 cm³/mol. The zero-order chi connectivity index (χ0) is 47.4. The molecule has 0 unspecified atom stereocenters. The zero-order valence-electron chi connectivity index (χ0n) is 41.0. The van der Waals surface area contributed by atoms with Crippen LogP contribution in [0.1, 0.15) is 66.8 Å². The summed E-state index contributed by atoms with van der Waals surface area (Å²) in [6.07, 6.45) is 18.2. The Bertz CT molecular complexity index is 3040. The second kappa shape index (κ2) is 19.9. The summed E-state index contributed by atoms with van der Waals surface area (Å²) in [5.41, 5.74) is 22.9. The molecular formula is C63H62N6. The van der Waals surface area contributed by atoms with Gasteiger partial charge in [0.1, 0.15) is 11.6 Å². The quantitative estimate of drug-likeness (QED) is 0.103. The normalized spacial score (nSPS) is 12.4. The van der Waals surface area contributed by atoms with E-state index >= 15 is 0 Å². The Morgan fingerprint density at radius 2 is 0.725 bits per heavy atom. The maximum absolute atomic E-state index is 4.82. The van der Waals surface area contributed by atoms with Gasteiger partial charge < -0.3 is 9.80 Å². The molecule has 0 N–H and O–H groups in total. The Labute approximate surface area is 408 Å². The molecular weight excluding hydrogens is 841 g/mol. The molecule has 1 aliphatic rings.